The van der Waals surface area contributed by atoms with Crippen molar-refractivity contribution in [1.82, 2.24) is 15.2 Å². The Bertz CT molecular complexity index is 802. The molecule has 1 heterocycles. The number of aromatic nitrogens is 1. The van der Waals surface area contributed by atoms with E-state index in [0.29, 0.717) is 13.0 Å². The molecule has 1 aromatic carbocycles. The molecule has 0 aliphatic carbocycles. The highest BCUT2D eigenvalue weighted by Gasteiger charge is 2.25. The fourth-order valence-electron chi connectivity index (χ4n) is 2.76. The van der Waals surface area contributed by atoms with E-state index in [0.717, 1.165) is 16.5 Å². The molecular formula is C20H27N3O3. The Hall–Kier alpha value is -2.76. The molecule has 0 saturated heterocycles. The normalized spacial score (nSPS) is 12.5. The van der Waals surface area contributed by atoms with Gasteiger partial charge in [0.25, 0.3) is 0 Å². The molecule has 0 aliphatic heterocycles. The van der Waals surface area contributed by atoms with Crippen LogP contribution in [0.25, 0.3) is 10.9 Å². The number of carbonyl (C=O) groups is 2. The SMILES string of the molecule is C=CCNC(=O)C(Cc1cn(C)c2ccccc12)NC(=O)OC(C)(C)C. The van der Waals surface area contributed by atoms with Crippen molar-refractivity contribution in [3.8, 4) is 0 Å². The van der Waals surface area contributed by atoms with Crippen molar-refractivity contribution < 1.29 is 14.3 Å². The molecule has 0 saturated carbocycles. The van der Waals surface area contributed by atoms with Crippen LogP contribution in [0, 0.1) is 0 Å². The van der Waals surface area contributed by atoms with Crippen LogP contribution in [0.1, 0.15) is 26.3 Å². The van der Waals surface area contributed by atoms with Crippen LogP contribution in [-0.2, 0) is 23.0 Å². The summed E-state index contributed by atoms with van der Waals surface area (Å²) in [7, 11) is 1.96. The Kier molecular flexibility index (Phi) is 6.08. The van der Waals surface area contributed by atoms with Gasteiger partial charge in [0.05, 0.1) is 0 Å². The van der Waals surface area contributed by atoms with Gasteiger partial charge in [-0.3, -0.25) is 4.79 Å². The number of hydrogen-bond donors (Lipinski definition) is 2. The summed E-state index contributed by atoms with van der Waals surface area (Å²) in [5, 5.41) is 6.49. The van der Waals surface area contributed by atoms with E-state index in [9.17, 15) is 9.59 Å². The van der Waals surface area contributed by atoms with Crippen LogP contribution in [0.15, 0.2) is 43.1 Å². The number of aryl methyl sites for hydroxylation is 1. The highest BCUT2D eigenvalue weighted by Crippen LogP contribution is 2.21. The summed E-state index contributed by atoms with van der Waals surface area (Å²) >= 11 is 0. The summed E-state index contributed by atoms with van der Waals surface area (Å²) in [6.45, 7) is 9.28. The van der Waals surface area contributed by atoms with Crippen LogP contribution in [0.3, 0.4) is 0 Å². The second-order valence-corrected chi connectivity index (χ2v) is 7.22. The number of alkyl carbamates (subject to hydrolysis) is 1. The number of hydrogen-bond acceptors (Lipinski definition) is 3. The minimum atomic E-state index is -0.740. The first-order chi connectivity index (χ1) is 12.2. The predicted molar refractivity (Wildman–Crippen MR) is 103 cm³/mol. The molecular weight excluding hydrogens is 330 g/mol. The first-order valence-electron chi connectivity index (χ1n) is 8.62. The minimum Gasteiger partial charge on any atom is -0.444 e. The van der Waals surface area contributed by atoms with Crippen molar-refractivity contribution in [1.29, 1.82) is 0 Å². The van der Waals surface area contributed by atoms with Crippen LogP contribution in [0.2, 0.25) is 0 Å². The molecule has 0 radical (unpaired) electrons. The van der Waals surface area contributed by atoms with Gasteiger partial charge in [-0.1, -0.05) is 24.3 Å². The lowest BCUT2D eigenvalue weighted by Gasteiger charge is -2.23. The smallest absolute Gasteiger partial charge is 0.408 e. The molecule has 1 unspecified atom stereocenters. The number of ether oxygens (including phenoxy) is 1. The molecule has 2 aromatic rings. The third-order valence-corrected chi connectivity index (χ3v) is 3.83. The van der Waals surface area contributed by atoms with Gasteiger partial charge in [0.15, 0.2) is 0 Å². The lowest BCUT2D eigenvalue weighted by atomic mass is 10.0. The average Bonchev–Trinajstić information content (AvgIpc) is 2.87. The van der Waals surface area contributed by atoms with E-state index in [1.54, 1.807) is 26.8 Å². The lowest BCUT2D eigenvalue weighted by molar-refractivity contribution is -0.122. The predicted octanol–water partition coefficient (Wildman–Crippen LogP) is 2.92. The van der Waals surface area contributed by atoms with Gasteiger partial charge in [0.1, 0.15) is 11.6 Å². The number of fused-ring (bicyclic) bond motifs is 1. The molecule has 1 aromatic heterocycles. The molecule has 0 spiro atoms. The summed E-state index contributed by atoms with van der Waals surface area (Å²) in [5.41, 5.74) is 1.43. The molecule has 2 N–H and O–H groups in total. The number of para-hydroxylation sites is 1. The minimum absolute atomic E-state index is 0.274. The second kappa shape index (κ2) is 8.08. The van der Waals surface area contributed by atoms with E-state index in [1.807, 2.05) is 42.1 Å². The number of benzene rings is 1. The van der Waals surface area contributed by atoms with Gasteiger partial charge in [-0.2, -0.15) is 0 Å². The molecule has 2 amide bonds. The van der Waals surface area contributed by atoms with Crippen molar-refractivity contribution in [2.75, 3.05) is 6.54 Å². The van der Waals surface area contributed by atoms with E-state index in [-0.39, 0.29) is 5.91 Å². The molecule has 0 fully saturated rings. The van der Waals surface area contributed by atoms with Crippen LogP contribution < -0.4 is 10.6 Å². The van der Waals surface area contributed by atoms with Gasteiger partial charge < -0.3 is 19.9 Å². The van der Waals surface area contributed by atoms with Gasteiger partial charge in [0, 0.05) is 37.1 Å². The van der Waals surface area contributed by atoms with Crippen molar-refractivity contribution in [2.24, 2.45) is 7.05 Å². The van der Waals surface area contributed by atoms with E-state index >= 15 is 0 Å². The summed E-state index contributed by atoms with van der Waals surface area (Å²) in [5.74, 6) is -0.274. The molecule has 0 aliphatic rings. The zero-order valence-electron chi connectivity index (χ0n) is 15.8. The summed E-state index contributed by atoms with van der Waals surface area (Å²) in [6.07, 6.45) is 3.33. The molecule has 6 nitrogen and oxygen atoms in total. The zero-order chi connectivity index (χ0) is 19.3. The first kappa shape index (κ1) is 19.6. The Labute approximate surface area is 154 Å². The molecule has 26 heavy (non-hydrogen) atoms. The summed E-state index contributed by atoms with van der Waals surface area (Å²) < 4.78 is 7.31. The van der Waals surface area contributed by atoms with Crippen molar-refractivity contribution >= 4 is 22.9 Å². The number of amides is 2. The van der Waals surface area contributed by atoms with Gasteiger partial charge >= 0.3 is 6.09 Å². The van der Waals surface area contributed by atoms with E-state index < -0.39 is 17.7 Å². The van der Waals surface area contributed by atoms with E-state index in [2.05, 4.69) is 17.2 Å². The second-order valence-electron chi connectivity index (χ2n) is 7.22. The summed E-state index contributed by atoms with van der Waals surface area (Å²) in [4.78, 5) is 24.7. The topological polar surface area (TPSA) is 72.4 Å². The van der Waals surface area contributed by atoms with Gasteiger partial charge in [-0.05, 0) is 32.4 Å². The van der Waals surface area contributed by atoms with E-state index in [4.69, 9.17) is 4.74 Å². The van der Waals surface area contributed by atoms with Gasteiger partial charge in [-0.25, -0.2) is 4.79 Å². The largest absolute Gasteiger partial charge is 0.444 e. The van der Waals surface area contributed by atoms with Crippen molar-refractivity contribution in [2.45, 2.75) is 38.8 Å². The fourth-order valence-corrected chi connectivity index (χ4v) is 2.76. The average molecular weight is 357 g/mol. The van der Waals surface area contributed by atoms with Crippen LogP contribution >= 0.6 is 0 Å². The zero-order valence-corrected chi connectivity index (χ0v) is 15.8. The Morgan fingerprint density at radius 1 is 1.31 bits per heavy atom. The van der Waals surface area contributed by atoms with Crippen molar-refractivity contribution in [3.63, 3.8) is 0 Å². The number of nitrogens with one attached hydrogen (secondary N) is 2. The monoisotopic (exact) mass is 357 g/mol. The third-order valence-electron chi connectivity index (χ3n) is 3.83. The van der Waals surface area contributed by atoms with Crippen LogP contribution in [-0.4, -0.2) is 34.8 Å². The maximum absolute atomic E-state index is 12.5. The molecule has 6 heteroatoms. The lowest BCUT2D eigenvalue weighted by Crippen LogP contribution is -2.49. The fraction of sp³-hybridized carbons (Fsp3) is 0.400. The highest BCUT2D eigenvalue weighted by atomic mass is 16.6. The third kappa shape index (κ3) is 5.12. The van der Waals surface area contributed by atoms with Crippen LogP contribution in [0.4, 0.5) is 4.79 Å². The highest BCUT2D eigenvalue weighted by molar-refractivity contribution is 5.88. The van der Waals surface area contributed by atoms with Gasteiger partial charge in [0.2, 0.25) is 5.91 Å². The molecule has 140 valence electrons. The number of nitrogens with zero attached hydrogens (tertiary/aromatic N) is 1. The number of rotatable bonds is 6. The molecule has 2 rings (SSSR count). The standard InChI is InChI=1S/C20H27N3O3/c1-6-11-21-18(24)16(22-19(25)26-20(2,3)4)12-14-13-23(5)17-10-8-7-9-15(14)17/h6-10,13,16H,1,11-12H2,2-5H3,(H,21,24)(H,22,25). The van der Waals surface area contributed by atoms with Crippen LogP contribution in [0.5, 0.6) is 0 Å². The molecule has 1 atom stereocenters. The maximum Gasteiger partial charge on any atom is 0.408 e. The first-order valence-corrected chi connectivity index (χ1v) is 8.62. The Balaban J connectivity index is 2.23. The van der Waals surface area contributed by atoms with Crippen molar-refractivity contribution in [3.05, 3.63) is 48.7 Å². The summed E-state index contributed by atoms with van der Waals surface area (Å²) in [6, 6.07) is 7.22. The number of carbonyl (C=O) groups excluding carboxylic acids is 2. The van der Waals surface area contributed by atoms with E-state index in [1.165, 1.54) is 0 Å². The van der Waals surface area contributed by atoms with Gasteiger partial charge in [-0.15, -0.1) is 6.58 Å². The maximum atomic E-state index is 12.5. The quantitative estimate of drug-likeness (QED) is 0.781. The Morgan fingerprint density at radius 2 is 2.00 bits per heavy atom. The Morgan fingerprint density at radius 3 is 2.65 bits per heavy atom. The molecule has 0 bridgehead atoms.